The minimum Gasteiger partial charge on any atom is -0.372 e. The van der Waals surface area contributed by atoms with E-state index in [9.17, 15) is 4.79 Å². The van der Waals surface area contributed by atoms with E-state index >= 15 is 0 Å². The van der Waals surface area contributed by atoms with Crippen molar-refractivity contribution in [2.24, 2.45) is 0 Å². The highest BCUT2D eigenvalue weighted by Crippen LogP contribution is 2.18. The molecule has 0 bridgehead atoms. The van der Waals surface area contributed by atoms with Crippen molar-refractivity contribution in [3.05, 3.63) is 18.6 Å². The van der Waals surface area contributed by atoms with E-state index in [1.54, 1.807) is 6.20 Å². The molecule has 112 valence electrons. The molecule has 0 aliphatic carbocycles. The Morgan fingerprint density at radius 3 is 2.86 bits per heavy atom. The first-order chi connectivity index (χ1) is 10.2. The first kappa shape index (κ1) is 13.7. The van der Waals surface area contributed by atoms with Gasteiger partial charge in [0.05, 0.1) is 6.20 Å². The van der Waals surface area contributed by atoms with Crippen LogP contribution in [0.25, 0.3) is 5.65 Å². The molecule has 2 N–H and O–H groups in total. The molecule has 1 aliphatic heterocycles. The number of aromatic nitrogens is 3. The summed E-state index contributed by atoms with van der Waals surface area (Å²) >= 11 is 0. The van der Waals surface area contributed by atoms with Gasteiger partial charge in [-0.05, 0) is 19.8 Å². The second-order valence-corrected chi connectivity index (χ2v) is 5.28. The molecule has 2 aromatic rings. The molecule has 21 heavy (non-hydrogen) atoms. The molecular formula is C14H20N6O. The van der Waals surface area contributed by atoms with Gasteiger partial charge in [-0.15, -0.1) is 0 Å². The highest BCUT2D eigenvalue weighted by atomic mass is 16.2. The summed E-state index contributed by atoms with van der Waals surface area (Å²) in [4.78, 5) is 23.0. The molecular weight excluding hydrogens is 268 g/mol. The molecule has 0 radical (unpaired) electrons. The molecule has 1 fully saturated rings. The topological polar surface area (TPSA) is 74.6 Å². The summed E-state index contributed by atoms with van der Waals surface area (Å²) in [6.45, 7) is 3.58. The molecule has 0 saturated carbocycles. The number of nitrogens with one attached hydrogen (secondary N) is 2. The molecule has 3 heterocycles. The van der Waals surface area contributed by atoms with E-state index in [4.69, 9.17) is 0 Å². The van der Waals surface area contributed by atoms with Crippen LogP contribution in [0, 0.1) is 0 Å². The number of imidazole rings is 1. The molecule has 7 heteroatoms. The van der Waals surface area contributed by atoms with Gasteiger partial charge in [0.25, 0.3) is 0 Å². The second kappa shape index (κ2) is 5.59. The Kier molecular flexibility index (Phi) is 3.64. The number of anilines is 2. The fraction of sp³-hybridized carbons (Fsp3) is 0.500. The van der Waals surface area contributed by atoms with E-state index in [1.165, 1.54) is 0 Å². The Morgan fingerprint density at radius 2 is 2.14 bits per heavy atom. The first-order valence-corrected chi connectivity index (χ1v) is 7.26. The monoisotopic (exact) mass is 288 g/mol. The Morgan fingerprint density at radius 1 is 1.38 bits per heavy atom. The van der Waals surface area contributed by atoms with Crippen LogP contribution in [0.4, 0.5) is 11.6 Å². The number of likely N-dealkylation sites (tertiary alicyclic amines) is 1. The Balaban J connectivity index is 1.83. The molecule has 1 unspecified atom stereocenters. The number of hydrogen-bond acceptors (Lipinski definition) is 5. The second-order valence-electron chi connectivity index (χ2n) is 5.28. The maximum atomic E-state index is 12.4. The standard InChI is InChI=1S/C14H20N6O/c1-10(14(21)19-6-3-4-7-19)17-12-13-16-5-8-20(13)9-11(15-2)18-12/h5,8-10,15H,3-4,6-7H2,1-2H3,(H,17,18). The van der Waals surface area contributed by atoms with Crippen molar-refractivity contribution < 1.29 is 4.79 Å². The van der Waals surface area contributed by atoms with E-state index in [0.717, 1.165) is 37.4 Å². The number of hydrogen-bond donors (Lipinski definition) is 2. The SMILES string of the molecule is CNc1cn2ccnc2c(NC(C)C(=O)N2CCCC2)n1. The molecule has 2 aromatic heterocycles. The van der Waals surface area contributed by atoms with Crippen LogP contribution < -0.4 is 10.6 Å². The van der Waals surface area contributed by atoms with Gasteiger partial charge in [-0.3, -0.25) is 4.79 Å². The van der Waals surface area contributed by atoms with Gasteiger partial charge in [-0.25, -0.2) is 9.97 Å². The van der Waals surface area contributed by atoms with E-state index < -0.39 is 0 Å². The minimum atomic E-state index is -0.316. The lowest BCUT2D eigenvalue weighted by Crippen LogP contribution is -2.39. The zero-order valence-corrected chi connectivity index (χ0v) is 12.3. The maximum absolute atomic E-state index is 12.4. The highest BCUT2D eigenvalue weighted by Gasteiger charge is 2.24. The molecule has 0 spiro atoms. The molecule has 0 aromatic carbocycles. The number of nitrogens with zero attached hydrogens (tertiary/aromatic N) is 4. The van der Waals surface area contributed by atoms with Gasteiger partial charge in [-0.2, -0.15) is 0 Å². The smallest absolute Gasteiger partial charge is 0.244 e. The third-order valence-corrected chi connectivity index (χ3v) is 3.77. The lowest BCUT2D eigenvalue weighted by molar-refractivity contribution is -0.130. The van der Waals surface area contributed by atoms with Crippen molar-refractivity contribution in [1.82, 2.24) is 19.3 Å². The fourth-order valence-corrected chi connectivity index (χ4v) is 2.63. The predicted molar refractivity (Wildman–Crippen MR) is 81.4 cm³/mol. The van der Waals surface area contributed by atoms with Gasteiger partial charge >= 0.3 is 0 Å². The van der Waals surface area contributed by atoms with Gasteiger partial charge in [-0.1, -0.05) is 0 Å². The number of rotatable bonds is 4. The lowest BCUT2D eigenvalue weighted by Gasteiger charge is -2.21. The summed E-state index contributed by atoms with van der Waals surface area (Å²) < 4.78 is 1.88. The van der Waals surface area contributed by atoms with Gasteiger partial charge in [0.2, 0.25) is 5.91 Å². The molecule has 1 saturated heterocycles. The molecule has 1 amide bonds. The van der Waals surface area contributed by atoms with Gasteiger partial charge < -0.3 is 19.9 Å². The van der Waals surface area contributed by atoms with E-state index in [1.807, 2.05) is 35.7 Å². The summed E-state index contributed by atoms with van der Waals surface area (Å²) in [5.74, 6) is 1.46. The van der Waals surface area contributed by atoms with Crippen LogP contribution in [-0.4, -0.2) is 51.4 Å². The normalized spacial score (nSPS) is 16.2. The Bertz CT molecular complexity index is 646. The van der Waals surface area contributed by atoms with Gasteiger partial charge in [0.1, 0.15) is 11.9 Å². The van der Waals surface area contributed by atoms with E-state index in [-0.39, 0.29) is 11.9 Å². The van der Waals surface area contributed by atoms with Crippen LogP contribution in [-0.2, 0) is 4.79 Å². The van der Waals surface area contributed by atoms with Crippen LogP contribution in [0.1, 0.15) is 19.8 Å². The van der Waals surface area contributed by atoms with Crippen LogP contribution in [0.15, 0.2) is 18.6 Å². The molecule has 1 atom stereocenters. The van der Waals surface area contributed by atoms with Crippen molar-refractivity contribution in [2.45, 2.75) is 25.8 Å². The van der Waals surface area contributed by atoms with Crippen molar-refractivity contribution in [3.8, 4) is 0 Å². The summed E-state index contributed by atoms with van der Waals surface area (Å²) in [5, 5.41) is 6.21. The average molecular weight is 288 g/mol. The number of fused-ring (bicyclic) bond motifs is 1. The highest BCUT2D eigenvalue weighted by molar-refractivity contribution is 5.85. The molecule has 1 aliphatic rings. The number of carbonyl (C=O) groups is 1. The molecule has 3 rings (SSSR count). The number of amides is 1. The van der Waals surface area contributed by atoms with Crippen molar-refractivity contribution >= 4 is 23.2 Å². The third kappa shape index (κ3) is 2.63. The lowest BCUT2D eigenvalue weighted by atomic mass is 10.3. The summed E-state index contributed by atoms with van der Waals surface area (Å²) in [6, 6.07) is -0.316. The van der Waals surface area contributed by atoms with E-state index in [0.29, 0.717) is 5.82 Å². The van der Waals surface area contributed by atoms with Crippen molar-refractivity contribution in [3.63, 3.8) is 0 Å². The first-order valence-electron chi connectivity index (χ1n) is 7.26. The summed E-state index contributed by atoms with van der Waals surface area (Å²) in [6.07, 6.45) is 7.62. The fourth-order valence-electron chi connectivity index (χ4n) is 2.63. The van der Waals surface area contributed by atoms with Crippen LogP contribution in [0.3, 0.4) is 0 Å². The third-order valence-electron chi connectivity index (χ3n) is 3.77. The van der Waals surface area contributed by atoms with Crippen LogP contribution in [0.2, 0.25) is 0 Å². The zero-order chi connectivity index (χ0) is 14.8. The predicted octanol–water partition coefficient (Wildman–Crippen LogP) is 1.19. The average Bonchev–Trinajstić information content (AvgIpc) is 3.17. The van der Waals surface area contributed by atoms with Crippen LogP contribution in [0.5, 0.6) is 0 Å². The Labute approximate surface area is 123 Å². The minimum absolute atomic E-state index is 0.119. The summed E-state index contributed by atoms with van der Waals surface area (Å²) in [5.41, 5.74) is 0.718. The van der Waals surface area contributed by atoms with Crippen molar-refractivity contribution in [1.29, 1.82) is 0 Å². The zero-order valence-electron chi connectivity index (χ0n) is 12.3. The van der Waals surface area contributed by atoms with Gasteiger partial charge in [0.15, 0.2) is 11.5 Å². The molecule has 7 nitrogen and oxygen atoms in total. The van der Waals surface area contributed by atoms with Gasteiger partial charge in [0, 0.05) is 32.5 Å². The maximum Gasteiger partial charge on any atom is 0.244 e. The number of carbonyl (C=O) groups excluding carboxylic acids is 1. The van der Waals surface area contributed by atoms with Crippen molar-refractivity contribution in [2.75, 3.05) is 30.8 Å². The Hall–Kier alpha value is -2.31. The quantitative estimate of drug-likeness (QED) is 0.884. The summed E-state index contributed by atoms with van der Waals surface area (Å²) in [7, 11) is 1.81. The van der Waals surface area contributed by atoms with Crippen LogP contribution >= 0.6 is 0 Å². The van der Waals surface area contributed by atoms with E-state index in [2.05, 4.69) is 20.6 Å². The largest absolute Gasteiger partial charge is 0.372 e.